The molecule has 3 unspecified atom stereocenters. The summed E-state index contributed by atoms with van der Waals surface area (Å²) in [7, 11) is 3.62. The van der Waals surface area contributed by atoms with Gasteiger partial charge >= 0.3 is 0 Å². The number of rotatable bonds is 7. The molecule has 1 aromatic rings. The van der Waals surface area contributed by atoms with Gasteiger partial charge in [0.2, 0.25) is 5.91 Å². The van der Waals surface area contributed by atoms with Gasteiger partial charge in [-0.1, -0.05) is 19.8 Å². The van der Waals surface area contributed by atoms with Crippen molar-refractivity contribution in [3.8, 4) is 0 Å². The van der Waals surface area contributed by atoms with E-state index in [9.17, 15) is 4.79 Å². The van der Waals surface area contributed by atoms with Gasteiger partial charge in [0.05, 0.1) is 18.9 Å². The van der Waals surface area contributed by atoms with Crippen molar-refractivity contribution >= 4 is 5.91 Å². The summed E-state index contributed by atoms with van der Waals surface area (Å²) in [6.45, 7) is 3.37. The van der Waals surface area contributed by atoms with Gasteiger partial charge in [-0.05, 0) is 25.8 Å². The molecule has 124 valence electrons. The Bertz CT molecular complexity index is 474. The lowest BCUT2D eigenvalue weighted by atomic mass is 9.88. The number of nitrogens with one attached hydrogen (secondary N) is 2. The molecule has 2 N–H and O–H groups in total. The minimum Gasteiger partial charge on any atom is -0.376 e. The van der Waals surface area contributed by atoms with E-state index in [0.29, 0.717) is 25.2 Å². The first-order chi connectivity index (χ1) is 10.6. The summed E-state index contributed by atoms with van der Waals surface area (Å²) in [5.41, 5.74) is 0.865. The highest BCUT2D eigenvalue weighted by molar-refractivity contribution is 5.82. The molecule has 0 radical (unpaired) electrons. The van der Waals surface area contributed by atoms with Gasteiger partial charge in [0.25, 0.3) is 0 Å². The lowest BCUT2D eigenvalue weighted by Crippen LogP contribution is -2.38. The fourth-order valence-corrected chi connectivity index (χ4v) is 3.05. The predicted octanol–water partition coefficient (Wildman–Crippen LogP) is 1.39. The molecule has 1 aromatic heterocycles. The van der Waals surface area contributed by atoms with Crippen LogP contribution in [0.4, 0.5) is 0 Å². The van der Waals surface area contributed by atoms with Gasteiger partial charge in [0.15, 0.2) is 0 Å². The molecule has 1 amide bonds. The van der Waals surface area contributed by atoms with Gasteiger partial charge in [-0.3, -0.25) is 9.48 Å². The monoisotopic (exact) mass is 308 g/mol. The highest BCUT2D eigenvalue weighted by atomic mass is 16.5. The third-order valence-corrected chi connectivity index (χ3v) is 4.38. The molecule has 22 heavy (non-hydrogen) atoms. The Morgan fingerprint density at radius 1 is 1.50 bits per heavy atom. The third kappa shape index (κ3) is 4.55. The topological polar surface area (TPSA) is 68.2 Å². The van der Waals surface area contributed by atoms with E-state index in [1.54, 1.807) is 17.9 Å². The number of nitrogens with zero attached hydrogens (tertiary/aromatic N) is 2. The molecule has 0 aromatic carbocycles. The van der Waals surface area contributed by atoms with Crippen LogP contribution in [-0.2, 0) is 16.6 Å². The quantitative estimate of drug-likeness (QED) is 0.747. The molecular formula is C16H28N4O2. The molecule has 6 heteroatoms. The number of hydrogen-bond acceptors (Lipinski definition) is 4. The zero-order chi connectivity index (χ0) is 15.9. The standard InChI is InChI=1S/C16H28N4O2/c1-12-6-4-5-7-14(12)22-9-8-18-16(21)15(17-2)13-10-19-20(3)11-13/h10-12,14-15,17H,4-9H2,1-3H3,(H,18,21). The molecule has 1 saturated carbocycles. The van der Waals surface area contributed by atoms with Crippen molar-refractivity contribution in [1.82, 2.24) is 20.4 Å². The molecule has 0 spiro atoms. The van der Waals surface area contributed by atoms with Crippen molar-refractivity contribution in [3.05, 3.63) is 18.0 Å². The van der Waals surface area contributed by atoms with Crippen LogP contribution in [-0.4, -0.2) is 42.0 Å². The molecule has 3 atom stereocenters. The zero-order valence-electron chi connectivity index (χ0n) is 13.8. The zero-order valence-corrected chi connectivity index (χ0v) is 13.8. The smallest absolute Gasteiger partial charge is 0.241 e. The minimum absolute atomic E-state index is 0.0456. The molecule has 1 aliphatic carbocycles. The van der Waals surface area contributed by atoms with E-state index >= 15 is 0 Å². The Morgan fingerprint density at radius 3 is 2.91 bits per heavy atom. The summed E-state index contributed by atoms with van der Waals surface area (Å²) >= 11 is 0. The van der Waals surface area contributed by atoms with Crippen molar-refractivity contribution in [3.63, 3.8) is 0 Å². The first-order valence-electron chi connectivity index (χ1n) is 8.17. The molecule has 0 bridgehead atoms. The van der Waals surface area contributed by atoms with Gasteiger partial charge < -0.3 is 15.4 Å². The lowest BCUT2D eigenvalue weighted by molar-refractivity contribution is -0.123. The van der Waals surface area contributed by atoms with Crippen molar-refractivity contribution in [1.29, 1.82) is 0 Å². The molecule has 2 rings (SSSR count). The second-order valence-corrected chi connectivity index (χ2v) is 6.13. The average molecular weight is 308 g/mol. The normalized spacial score (nSPS) is 23.2. The van der Waals surface area contributed by atoms with Crippen LogP contribution in [0.2, 0.25) is 0 Å². The Labute approximate surface area is 132 Å². The predicted molar refractivity (Wildman–Crippen MR) is 85.4 cm³/mol. The van der Waals surface area contributed by atoms with Crippen molar-refractivity contribution < 1.29 is 9.53 Å². The Hall–Kier alpha value is -1.40. The van der Waals surface area contributed by atoms with Crippen molar-refractivity contribution in [2.45, 2.75) is 44.8 Å². The van der Waals surface area contributed by atoms with E-state index in [4.69, 9.17) is 4.74 Å². The highest BCUT2D eigenvalue weighted by Gasteiger charge is 2.22. The van der Waals surface area contributed by atoms with Crippen LogP contribution in [0.1, 0.15) is 44.2 Å². The maximum atomic E-state index is 12.2. The van der Waals surface area contributed by atoms with E-state index in [0.717, 1.165) is 12.0 Å². The molecular weight excluding hydrogens is 280 g/mol. The molecule has 1 fully saturated rings. The van der Waals surface area contributed by atoms with Gasteiger partial charge in [-0.25, -0.2) is 0 Å². The number of likely N-dealkylation sites (N-methyl/N-ethyl adjacent to an activating group) is 1. The largest absolute Gasteiger partial charge is 0.376 e. The second kappa shape index (κ2) is 8.29. The van der Waals surface area contributed by atoms with Gasteiger partial charge in [-0.15, -0.1) is 0 Å². The average Bonchev–Trinajstić information content (AvgIpc) is 2.92. The number of amides is 1. The van der Waals surface area contributed by atoms with Crippen LogP contribution in [0.5, 0.6) is 0 Å². The first-order valence-corrected chi connectivity index (χ1v) is 8.17. The van der Waals surface area contributed by atoms with Crippen molar-refractivity contribution in [2.75, 3.05) is 20.2 Å². The van der Waals surface area contributed by atoms with E-state index in [-0.39, 0.29) is 11.9 Å². The van der Waals surface area contributed by atoms with Crippen molar-refractivity contribution in [2.24, 2.45) is 13.0 Å². The molecule has 1 heterocycles. The number of carbonyl (C=O) groups excluding carboxylic acids is 1. The molecule has 6 nitrogen and oxygen atoms in total. The lowest BCUT2D eigenvalue weighted by Gasteiger charge is -2.28. The van der Waals surface area contributed by atoms with Crippen LogP contribution < -0.4 is 10.6 Å². The Balaban J connectivity index is 1.72. The summed E-state index contributed by atoms with van der Waals surface area (Å²) in [6, 6.07) is -0.373. The van der Waals surface area contributed by atoms with E-state index in [2.05, 4.69) is 22.7 Å². The van der Waals surface area contributed by atoms with Gasteiger partial charge in [0.1, 0.15) is 6.04 Å². The van der Waals surface area contributed by atoms with Crippen LogP contribution in [0.3, 0.4) is 0 Å². The maximum absolute atomic E-state index is 12.2. The third-order valence-electron chi connectivity index (χ3n) is 4.38. The summed E-state index contributed by atoms with van der Waals surface area (Å²) in [6.07, 6.45) is 8.87. The van der Waals surface area contributed by atoms with Gasteiger partial charge in [-0.2, -0.15) is 5.10 Å². The number of carbonyl (C=O) groups is 1. The number of hydrogen-bond donors (Lipinski definition) is 2. The van der Waals surface area contributed by atoms with E-state index in [1.807, 2.05) is 13.2 Å². The molecule has 0 aliphatic heterocycles. The van der Waals surface area contributed by atoms with Crippen LogP contribution >= 0.6 is 0 Å². The number of ether oxygens (including phenoxy) is 1. The number of aromatic nitrogens is 2. The Kier molecular flexibility index (Phi) is 6.39. The Morgan fingerprint density at radius 2 is 2.27 bits per heavy atom. The fourth-order valence-electron chi connectivity index (χ4n) is 3.05. The summed E-state index contributed by atoms with van der Waals surface area (Å²) in [4.78, 5) is 12.2. The maximum Gasteiger partial charge on any atom is 0.241 e. The SMILES string of the molecule is CNC(C(=O)NCCOC1CCCCC1C)c1cnn(C)c1. The van der Waals surface area contributed by atoms with Gasteiger partial charge in [0, 0.05) is 25.4 Å². The highest BCUT2D eigenvalue weighted by Crippen LogP contribution is 2.25. The van der Waals surface area contributed by atoms with E-state index in [1.165, 1.54) is 19.3 Å². The summed E-state index contributed by atoms with van der Waals surface area (Å²) in [5, 5.41) is 10.1. The van der Waals surface area contributed by atoms with Crippen LogP contribution in [0.15, 0.2) is 12.4 Å². The summed E-state index contributed by atoms with van der Waals surface area (Å²) < 4.78 is 7.61. The van der Waals surface area contributed by atoms with Crippen LogP contribution in [0.25, 0.3) is 0 Å². The fraction of sp³-hybridized carbons (Fsp3) is 0.750. The first kappa shape index (κ1) is 17.0. The van der Waals surface area contributed by atoms with Crippen LogP contribution in [0, 0.1) is 5.92 Å². The molecule has 0 saturated heterocycles. The van der Waals surface area contributed by atoms with E-state index < -0.39 is 0 Å². The second-order valence-electron chi connectivity index (χ2n) is 6.13. The number of aryl methyl sites for hydroxylation is 1. The molecule has 1 aliphatic rings. The summed E-state index contributed by atoms with van der Waals surface area (Å²) in [5.74, 6) is 0.584. The minimum atomic E-state index is -0.373.